The Balaban J connectivity index is 2.02. The van der Waals surface area contributed by atoms with Crippen LogP contribution in [0.5, 0.6) is 0 Å². The first-order valence-corrected chi connectivity index (χ1v) is 6.57. The van der Waals surface area contributed by atoms with Crippen LogP contribution in [-0.2, 0) is 0 Å². The third kappa shape index (κ3) is 6.31. The van der Waals surface area contributed by atoms with Crippen molar-refractivity contribution in [3.63, 3.8) is 0 Å². The summed E-state index contributed by atoms with van der Waals surface area (Å²) in [6.07, 6.45) is 8.78. The van der Waals surface area contributed by atoms with E-state index in [1.807, 2.05) is 6.92 Å². The maximum atomic E-state index is 11.4. The number of hydrogen-bond donors (Lipinski definition) is 3. The second kappa shape index (κ2) is 8.12. The van der Waals surface area contributed by atoms with Crippen LogP contribution in [0.1, 0.15) is 39.0 Å². The zero-order chi connectivity index (χ0) is 12.5. The quantitative estimate of drug-likeness (QED) is 0.620. The van der Waals surface area contributed by atoms with Gasteiger partial charge in [0, 0.05) is 13.1 Å². The Kier molecular flexibility index (Phi) is 6.70. The van der Waals surface area contributed by atoms with E-state index < -0.39 is 0 Å². The first-order chi connectivity index (χ1) is 8.22. The van der Waals surface area contributed by atoms with Crippen molar-refractivity contribution in [1.82, 2.24) is 10.6 Å². The van der Waals surface area contributed by atoms with Crippen molar-refractivity contribution in [3.05, 3.63) is 12.2 Å². The number of aliphatic hydroxyl groups is 1. The van der Waals surface area contributed by atoms with Crippen molar-refractivity contribution in [2.75, 3.05) is 13.1 Å². The monoisotopic (exact) mass is 240 g/mol. The largest absolute Gasteiger partial charge is 0.393 e. The molecule has 2 amide bonds. The van der Waals surface area contributed by atoms with Crippen LogP contribution in [0.4, 0.5) is 4.79 Å². The Morgan fingerprint density at radius 2 is 2.29 bits per heavy atom. The standard InChI is InChI=1S/C13H24N2O2/c1-2-12(16)8-9-14-13(17)15-10-11-6-4-3-5-7-11/h3-4,11-12,16H,2,5-10H2,1H3,(H2,14,15,17). The summed E-state index contributed by atoms with van der Waals surface area (Å²) in [5, 5.41) is 15.0. The van der Waals surface area contributed by atoms with E-state index in [4.69, 9.17) is 0 Å². The molecule has 0 aliphatic heterocycles. The zero-order valence-corrected chi connectivity index (χ0v) is 10.6. The molecule has 98 valence electrons. The number of rotatable bonds is 6. The molecule has 0 aromatic heterocycles. The number of carbonyl (C=O) groups is 1. The van der Waals surface area contributed by atoms with Crippen LogP contribution < -0.4 is 10.6 Å². The summed E-state index contributed by atoms with van der Waals surface area (Å²) in [6, 6.07) is -0.122. The maximum Gasteiger partial charge on any atom is 0.314 e. The van der Waals surface area contributed by atoms with Gasteiger partial charge in [0.25, 0.3) is 0 Å². The molecular formula is C13H24N2O2. The number of nitrogens with one attached hydrogen (secondary N) is 2. The van der Waals surface area contributed by atoms with Crippen LogP contribution in [0.2, 0.25) is 0 Å². The molecule has 0 aromatic rings. The minimum absolute atomic E-state index is 0.122. The summed E-state index contributed by atoms with van der Waals surface area (Å²) >= 11 is 0. The lowest BCUT2D eigenvalue weighted by Crippen LogP contribution is -2.39. The highest BCUT2D eigenvalue weighted by molar-refractivity contribution is 5.73. The minimum atomic E-state index is -0.307. The fourth-order valence-corrected chi connectivity index (χ4v) is 1.90. The van der Waals surface area contributed by atoms with E-state index >= 15 is 0 Å². The molecule has 0 spiro atoms. The summed E-state index contributed by atoms with van der Waals surface area (Å²) in [5.41, 5.74) is 0. The number of amides is 2. The van der Waals surface area contributed by atoms with Crippen molar-refractivity contribution >= 4 is 6.03 Å². The average Bonchev–Trinajstić information content (AvgIpc) is 2.37. The molecule has 3 N–H and O–H groups in total. The molecule has 17 heavy (non-hydrogen) atoms. The normalized spacial score (nSPS) is 20.9. The van der Waals surface area contributed by atoms with E-state index in [9.17, 15) is 9.90 Å². The number of allylic oxidation sites excluding steroid dienone is 2. The van der Waals surface area contributed by atoms with Gasteiger partial charge >= 0.3 is 6.03 Å². The van der Waals surface area contributed by atoms with Crippen molar-refractivity contribution < 1.29 is 9.90 Å². The molecule has 0 heterocycles. The number of hydrogen-bond acceptors (Lipinski definition) is 2. The summed E-state index contributed by atoms with van der Waals surface area (Å²) < 4.78 is 0. The summed E-state index contributed by atoms with van der Waals surface area (Å²) in [4.78, 5) is 11.4. The van der Waals surface area contributed by atoms with E-state index in [-0.39, 0.29) is 12.1 Å². The molecule has 0 bridgehead atoms. The third-order valence-corrected chi connectivity index (χ3v) is 3.16. The van der Waals surface area contributed by atoms with Gasteiger partial charge in [-0.25, -0.2) is 4.79 Å². The Labute approximate surface area is 103 Å². The molecule has 0 radical (unpaired) electrons. The lowest BCUT2D eigenvalue weighted by atomic mass is 9.94. The lowest BCUT2D eigenvalue weighted by Gasteiger charge is -2.18. The van der Waals surface area contributed by atoms with Crippen LogP contribution in [0.15, 0.2) is 12.2 Å². The molecule has 4 nitrogen and oxygen atoms in total. The van der Waals surface area contributed by atoms with Crippen molar-refractivity contribution in [2.45, 2.75) is 45.1 Å². The van der Waals surface area contributed by atoms with Gasteiger partial charge in [-0.3, -0.25) is 0 Å². The highest BCUT2D eigenvalue weighted by Gasteiger charge is 2.11. The predicted molar refractivity (Wildman–Crippen MR) is 68.8 cm³/mol. The summed E-state index contributed by atoms with van der Waals surface area (Å²) in [5.74, 6) is 0.576. The van der Waals surface area contributed by atoms with Gasteiger partial charge in [-0.2, -0.15) is 0 Å². The lowest BCUT2D eigenvalue weighted by molar-refractivity contribution is 0.160. The van der Waals surface area contributed by atoms with Crippen molar-refractivity contribution in [1.29, 1.82) is 0 Å². The number of carbonyl (C=O) groups excluding carboxylic acids is 1. The Hall–Kier alpha value is -1.03. The molecular weight excluding hydrogens is 216 g/mol. The molecule has 1 aliphatic rings. The number of aliphatic hydroxyl groups excluding tert-OH is 1. The highest BCUT2D eigenvalue weighted by atomic mass is 16.3. The van der Waals surface area contributed by atoms with Gasteiger partial charge in [-0.1, -0.05) is 19.1 Å². The van der Waals surface area contributed by atoms with E-state index in [1.54, 1.807) is 0 Å². The molecule has 0 fully saturated rings. The molecule has 0 saturated carbocycles. The van der Waals surface area contributed by atoms with E-state index in [1.165, 1.54) is 0 Å². The van der Waals surface area contributed by atoms with Gasteiger partial charge in [0.15, 0.2) is 0 Å². The molecule has 1 aliphatic carbocycles. The van der Waals surface area contributed by atoms with Gasteiger partial charge in [0.05, 0.1) is 6.10 Å². The second-order valence-electron chi connectivity index (χ2n) is 4.64. The molecule has 4 heteroatoms. The second-order valence-corrected chi connectivity index (χ2v) is 4.64. The smallest absolute Gasteiger partial charge is 0.314 e. The van der Waals surface area contributed by atoms with E-state index in [2.05, 4.69) is 22.8 Å². The Bertz CT molecular complexity index is 254. The van der Waals surface area contributed by atoms with E-state index in [0.717, 1.165) is 32.2 Å². The summed E-state index contributed by atoms with van der Waals surface area (Å²) in [7, 11) is 0. The molecule has 0 saturated heterocycles. The van der Waals surface area contributed by atoms with Gasteiger partial charge < -0.3 is 15.7 Å². The minimum Gasteiger partial charge on any atom is -0.393 e. The van der Waals surface area contributed by atoms with Gasteiger partial charge in [-0.05, 0) is 38.0 Å². The molecule has 0 aromatic carbocycles. The van der Waals surface area contributed by atoms with E-state index in [0.29, 0.717) is 18.9 Å². The Morgan fingerprint density at radius 1 is 1.47 bits per heavy atom. The zero-order valence-electron chi connectivity index (χ0n) is 10.6. The van der Waals surface area contributed by atoms with Gasteiger partial charge in [0.1, 0.15) is 0 Å². The topological polar surface area (TPSA) is 61.4 Å². The van der Waals surface area contributed by atoms with Crippen molar-refractivity contribution in [2.24, 2.45) is 5.92 Å². The van der Waals surface area contributed by atoms with Crippen LogP contribution in [0, 0.1) is 5.92 Å². The molecule has 1 rings (SSSR count). The first kappa shape index (κ1) is 14.0. The van der Waals surface area contributed by atoms with Crippen LogP contribution >= 0.6 is 0 Å². The maximum absolute atomic E-state index is 11.4. The predicted octanol–water partition coefficient (Wildman–Crippen LogP) is 1.80. The van der Waals surface area contributed by atoms with Crippen LogP contribution in [-0.4, -0.2) is 30.3 Å². The van der Waals surface area contributed by atoms with Crippen molar-refractivity contribution in [3.8, 4) is 0 Å². The number of urea groups is 1. The summed E-state index contributed by atoms with van der Waals surface area (Å²) in [6.45, 7) is 3.21. The van der Waals surface area contributed by atoms with Crippen LogP contribution in [0.3, 0.4) is 0 Å². The Morgan fingerprint density at radius 3 is 2.94 bits per heavy atom. The third-order valence-electron chi connectivity index (χ3n) is 3.16. The van der Waals surface area contributed by atoms with Gasteiger partial charge in [0.2, 0.25) is 0 Å². The average molecular weight is 240 g/mol. The first-order valence-electron chi connectivity index (χ1n) is 6.57. The highest BCUT2D eigenvalue weighted by Crippen LogP contribution is 2.16. The molecule has 2 atom stereocenters. The molecule has 2 unspecified atom stereocenters. The van der Waals surface area contributed by atoms with Gasteiger partial charge in [-0.15, -0.1) is 0 Å². The SMILES string of the molecule is CCC(O)CCNC(=O)NCC1CC=CCC1. The fraction of sp³-hybridized carbons (Fsp3) is 0.769. The van der Waals surface area contributed by atoms with Crippen LogP contribution in [0.25, 0.3) is 0 Å². The fourth-order valence-electron chi connectivity index (χ4n) is 1.90.